The molecule has 0 atom stereocenters. The van der Waals surface area contributed by atoms with Crippen molar-refractivity contribution >= 4 is 17.4 Å². The first-order valence-electron chi connectivity index (χ1n) is 5.63. The lowest BCUT2D eigenvalue weighted by molar-refractivity contribution is 0.576. The number of hydrogen-bond acceptors (Lipinski definition) is 5. The van der Waals surface area contributed by atoms with Gasteiger partial charge in [0.1, 0.15) is 22.4 Å². The maximum absolute atomic E-state index is 9.41. The molecule has 0 bridgehead atoms. The van der Waals surface area contributed by atoms with Gasteiger partial charge in [0.25, 0.3) is 0 Å². The first-order chi connectivity index (χ1) is 9.24. The number of nitrogens with zero attached hydrogens (tertiary/aromatic N) is 4. The van der Waals surface area contributed by atoms with Gasteiger partial charge in [0, 0.05) is 6.07 Å². The number of furan rings is 1. The van der Waals surface area contributed by atoms with Gasteiger partial charge in [-0.1, -0.05) is 0 Å². The van der Waals surface area contributed by atoms with Crippen molar-refractivity contribution < 1.29 is 4.42 Å². The second-order valence-electron chi connectivity index (χ2n) is 3.99. The number of hydrogen-bond donors (Lipinski definition) is 0. The van der Waals surface area contributed by atoms with Crippen LogP contribution in [0.3, 0.4) is 0 Å². The van der Waals surface area contributed by atoms with E-state index in [0.717, 1.165) is 5.69 Å². The lowest BCUT2D eigenvalue weighted by Gasteiger charge is -2.07. The van der Waals surface area contributed by atoms with Crippen molar-refractivity contribution in [2.45, 2.75) is 11.9 Å². The van der Waals surface area contributed by atoms with Crippen LogP contribution in [-0.4, -0.2) is 20.9 Å². The number of fused-ring (bicyclic) bond motifs is 1. The van der Waals surface area contributed by atoms with Crippen LogP contribution in [0.15, 0.2) is 33.9 Å². The largest absolute Gasteiger partial charge is 0.463 e. The Bertz CT molecular complexity index is 783. The summed E-state index contributed by atoms with van der Waals surface area (Å²) in [7, 11) is 0. The van der Waals surface area contributed by atoms with E-state index in [1.807, 2.05) is 25.3 Å². The van der Waals surface area contributed by atoms with Crippen molar-refractivity contribution in [3.8, 4) is 17.5 Å². The second-order valence-corrected chi connectivity index (χ2v) is 4.78. The Morgan fingerprint density at radius 3 is 2.95 bits per heavy atom. The SMILES string of the molecule is CSc1nc2cc(C)nn2c(-c2ccco2)c1C#N. The van der Waals surface area contributed by atoms with Gasteiger partial charge in [-0.05, 0) is 25.3 Å². The monoisotopic (exact) mass is 270 g/mol. The van der Waals surface area contributed by atoms with Crippen LogP contribution in [0.25, 0.3) is 17.1 Å². The minimum atomic E-state index is 0.484. The zero-order valence-electron chi connectivity index (χ0n) is 10.4. The van der Waals surface area contributed by atoms with E-state index in [0.29, 0.717) is 27.7 Å². The molecule has 19 heavy (non-hydrogen) atoms. The van der Waals surface area contributed by atoms with Crippen molar-refractivity contribution in [1.82, 2.24) is 14.6 Å². The third-order valence-electron chi connectivity index (χ3n) is 2.75. The third kappa shape index (κ3) is 1.79. The van der Waals surface area contributed by atoms with E-state index in [1.54, 1.807) is 16.8 Å². The Balaban J connectivity index is 2.47. The summed E-state index contributed by atoms with van der Waals surface area (Å²) in [5.41, 5.74) is 2.70. The van der Waals surface area contributed by atoms with Crippen LogP contribution in [0.4, 0.5) is 0 Å². The number of thioether (sulfide) groups is 1. The first kappa shape index (κ1) is 11.8. The van der Waals surface area contributed by atoms with Crippen molar-refractivity contribution in [3.63, 3.8) is 0 Å². The molecule has 0 aliphatic heterocycles. The van der Waals surface area contributed by atoms with Crippen LogP contribution in [0.1, 0.15) is 11.3 Å². The van der Waals surface area contributed by atoms with Crippen LogP contribution in [-0.2, 0) is 0 Å². The summed E-state index contributed by atoms with van der Waals surface area (Å²) in [5, 5.41) is 14.5. The predicted octanol–water partition coefficient (Wildman–Crippen LogP) is 2.89. The molecule has 0 amide bonds. The van der Waals surface area contributed by atoms with Crippen molar-refractivity contribution in [2.75, 3.05) is 6.26 Å². The molecule has 6 heteroatoms. The number of nitriles is 1. The average Bonchev–Trinajstić information content (AvgIpc) is 3.04. The summed E-state index contributed by atoms with van der Waals surface area (Å²) >= 11 is 1.44. The molecule has 0 radical (unpaired) electrons. The molecule has 94 valence electrons. The molecule has 0 saturated carbocycles. The minimum Gasteiger partial charge on any atom is -0.463 e. The fraction of sp³-hybridized carbons (Fsp3) is 0.154. The Hall–Kier alpha value is -2.26. The highest BCUT2D eigenvalue weighted by atomic mass is 32.2. The van der Waals surface area contributed by atoms with E-state index in [2.05, 4.69) is 16.2 Å². The van der Waals surface area contributed by atoms with Gasteiger partial charge in [-0.25, -0.2) is 9.50 Å². The quantitative estimate of drug-likeness (QED) is 0.529. The summed E-state index contributed by atoms with van der Waals surface area (Å²) in [5.74, 6) is 0.613. The van der Waals surface area contributed by atoms with Gasteiger partial charge >= 0.3 is 0 Å². The Kier molecular flexibility index (Phi) is 2.76. The molecule has 0 spiro atoms. The van der Waals surface area contributed by atoms with Gasteiger partial charge in [0.05, 0.1) is 12.0 Å². The van der Waals surface area contributed by atoms with E-state index >= 15 is 0 Å². The number of aryl methyl sites for hydroxylation is 1. The van der Waals surface area contributed by atoms with Gasteiger partial charge in [0.2, 0.25) is 0 Å². The van der Waals surface area contributed by atoms with E-state index in [-0.39, 0.29) is 0 Å². The van der Waals surface area contributed by atoms with Crippen molar-refractivity contribution in [1.29, 1.82) is 5.26 Å². The highest BCUT2D eigenvalue weighted by Gasteiger charge is 2.19. The topological polar surface area (TPSA) is 67.1 Å². The number of rotatable bonds is 2. The standard InChI is InChI=1S/C13H10N4OS/c1-8-6-11-15-13(19-2)9(7-14)12(17(11)16-8)10-4-3-5-18-10/h3-6H,1-2H3. The molecule has 0 unspecified atom stereocenters. The summed E-state index contributed by atoms with van der Waals surface area (Å²) in [6.07, 6.45) is 3.48. The van der Waals surface area contributed by atoms with Gasteiger partial charge in [0.15, 0.2) is 11.4 Å². The van der Waals surface area contributed by atoms with Crippen LogP contribution >= 0.6 is 11.8 Å². The maximum atomic E-state index is 9.41. The fourth-order valence-corrected chi connectivity index (χ4v) is 2.52. The van der Waals surface area contributed by atoms with Crippen molar-refractivity contribution in [3.05, 3.63) is 35.7 Å². The van der Waals surface area contributed by atoms with Gasteiger partial charge < -0.3 is 4.42 Å². The molecule has 0 N–H and O–H groups in total. The molecule has 3 rings (SSSR count). The molecule has 0 aliphatic carbocycles. The van der Waals surface area contributed by atoms with E-state index in [4.69, 9.17) is 4.42 Å². The molecule has 0 aromatic carbocycles. The molecule has 5 nitrogen and oxygen atoms in total. The van der Waals surface area contributed by atoms with E-state index < -0.39 is 0 Å². The lowest BCUT2D eigenvalue weighted by Crippen LogP contribution is -2.02. The normalized spacial score (nSPS) is 10.8. The first-order valence-corrected chi connectivity index (χ1v) is 6.85. The highest BCUT2D eigenvalue weighted by molar-refractivity contribution is 7.98. The molecule has 0 fully saturated rings. The second kappa shape index (κ2) is 4.44. The van der Waals surface area contributed by atoms with Gasteiger partial charge in [-0.3, -0.25) is 0 Å². The zero-order valence-corrected chi connectivity index (χ0v) is 11.2. The van der Waals surface area contributed by atoms with Crippen LogP contribution in [0, 0.1) is 18.3 Å². The summed E-state index contributed by atoms with van der Waals surface area (Å²) in [4.78, 5) is 4.46. The summed E-state index contributed by atoms with van der Waals surface area (Å²) in [6.45, 7) is 1.89. The molecule has 0 saturated heterocycles. The smallest absolute Gasteiger partial charge is 0.157 e. The molecule has 3 aromatic rings. The summed E-state index contributed by atoms with van der Waals surface area (Å²) in [6, 6.07) is 7.69. The van der Waals surface area contributed by atoms with Crippen molar-refractivity contribution in [2.24, 2.45) is 0 Å². The average molecular weight is 270 g/mol. The van der Waals surface area contributed by atoms with E-state index in [1.165, 1.54) is 11.8 Å². The number of aromatic nitrogens is 3. The predicted molar refractivity (Wildman–Crippen MR) is 71.9 cm³/mol. The molecular formula is C13H10N4OS. The maximum Gasteiger partial charge on any atom is 0.157 e. The molecule has 3 aromatic heterocycles. The lowest BCUT2D eigenvalue weighted by atomic mass is 10.2. The fourth-order valence-electron chi connectivity index (χ4n) is 1.99. The molecule has 0 aliphatic rings. The van der Waals surface area contributed by atoms with Crippen LogP contribution in [0.2, 0.25) is 0 Å². The Morgan fingerprint density at radius 2 is 2.32 bits per heavy atom. The molecule has 3 heterocycles. The van der Waals surface area contributed by atoms with Crippen LogP contribution < -0.4 is 0 Å². The summed E-state index contributed by atoms with van der Waals surface area (Å²) < 4.78 is 7.09. The van der Waals surface area contributed by atoms with Crippen LogP contribution in [0.5, 0.6) is 0 Å². The van der Waals surface area contributed by atoms with E-state index in [9.17, 15) is 5.26 Å². The molecular weight excluding hydrogens is 260 g/mol. The zero-order chi connectivity index (χ0) is 13.4. The highest BCUT2D eigenvalue weighted by Crippen LogP contribution is 2.30. The van der Waals surface area contributed by atoms with Gasteiger partial charge in [-0.15, -0.1) is 11.8 Å². The van der Waals surface area contributed by atoms with Gasteiger partial charge in [-0.2, -0.15) is 10.4 Å². The third-order valence-corrected chi connectivity index (χ3v) is 3.43. The minimum absolute atomic E-state index is 0.484. The Labute approximate surface area is 113 Å². The Morgan fingerprint density at radius 1 is 1.47 bits per heavy atom.